The fourth-order valence-corrected chi connectivity index (χ4v) is 1.60. The molecule has 1 atom stereocenters. The van der Waals surface area contributed by atoms with Crippen LogP contribution in [0.1, 0.15) is 5.56 Å². The summed E-state index contributed by atoms with van der Waals surface area (Å²) in [5.41, 5.74) is 1.00. The molecule has 0 radical (unpaired) electrons. The summed E-state index contributed by atoms with van der Waals surface area (Å²) >= 11 is 2.20. The van der Waals surface area contributed by atoms with E-state index < -0.39 is 12.1 Å². The third-order valence-electron chi connectivity index (χ3n) is 1.94. The van der Waals surface area contributed by atoms with Gasteiger partial charge in [-0.15, -0.1) is 0 Å². The predicted molar refractivity (Wildman–Crippen MR) is 64.9 cm³/mol. The number of aliphatic hydroxyl groups excluding tert-OH is 1. The first kappa shape index (κ1) is 12.3. The number of halogens is 1. The standard InChI is InChI=1S/C10H12INO3/c11-8-3-1-7(2-4-8)5-9(6-13)12-10(14)15/h1-4,9,12-13H,5-6H2,(H,14,15). The summed E-state index contributed by atoms with van der Waals surface area (Å²) in [5.74, 6) is 0. The fourth-order valence-electron chi connectivity index (χ4n) is 1.24. The number of hydrogen-bond acceptors (Lipinski definition) is 2. The maximum absolute atomic E-state index is 10.4. The highest BCUT2D eigenvalue weighted by molar-refractivity contribution is 14.1. The normalized spacial score (nSPS) is 12.1. The van der Waals surface area contributed by atoms with Gasteiger partial charge in [0, 0.05) is 3.57 Å². The summed E-state index contributed by atoms with van der Waals surface area (Å²) in [6, 6.07) is 7.31. The van der Waals surface area contributed by atoms with Gasteiger partial charge in [0.2, 0.25) is 0 Å². The van der Waals surface area contributed by atoms with E-state index in [4.69, 9.17) is 10.2 Å². The fraction of sp³-hybridized carbons (Fsp3) is 0.300. The van der Waals surface area contributed by atoms with Gasteiger partial charge in [0.1, 0.15) is 0 Å². The van der Waals surface area contributed by atoms with Crippen LogP contribution in [0.5, 0.6) is 0 Å². The lowest BCUT2D eigenvalue weighted by molar-refractivity contribution is 0.177. The van der Waals surface area contributed by atoms with Gasteiger partial charge in [-0.3, -0.25) is 0 Å². The predicted octanol–water partition coefficient (Wildman–Crippen LogP) is 1.46. The molecule has 1 rings (SSSR count). The molecule has 0 saturated carbocycles. The third kappa shape index (κ3) is 4.48. The Morgan fingerprint density at radius 3 is 2.47 bits per heavy atom. The Morgan fingerprint density at radius 2 is 2.00 bits per heavy atom. The van der Waals surface area contributed by atoms with Gasteiger partial charge in [-0.2, -0.15) is 0 Å². The number of nitrogens with one attached hydrogen (secondary N) is 1. The Hall–Kier alpha value is -0.820. The first-order valence-corrected chi connectivity index (χ1v) is 5.54. The number of rotatable bonds is 4. The van der Waals surface area contributed by atoms with Crippen molar-refractivity contribution in [2.24, 2.45) is 0 Å². The molecule has 3 N–H and O–H groups in total. The summed E-state index contributed by atoms with van der Waals surface area (Å²) in [7, 11) is 0. The molecule has 0 spiro atoms. The summed E-state index contributed by atoms with van der Waals surface area (Å²) in [6.07, 6.45) is -0.612. The van der Waals surface area contributed by atoms with Crippen molar-refractivity contribution in [1.29, 1.82) is 0 Å². The van der Waals surface area contributed by atoms with Crippen LogP contribution in [0, 0.1) is 3.57 Å². The Labute approximate surface area is 101 Å². The lowest BCUT2D eigenvalue weighted by Crippen LogP contribution is -2.38. The lowest BCUT2D eigenvalue weighted by Gasteiger charge is -2.13. The monoisotopic (exact) mass is 321 g/mol. The van der Waals surface area contributed by atoms with Crippen molar-refractivity contribution in [1.82, 2.24) is 5.32 Å². The largest absolute Gasteiger partial charge is 0.465 e. The molecule has 1 unspecified atom stereocenters. The summed E-state index contributed by atoms with van der Waals surface area (Å²) in [6.45, 7) is -0.196. The van der Waals surface area contributed by atoms with Crippen LogP contribution >= 0.6 is 22.6 Å². The third-order valence-corrected chi connectivity index (χ3v) is 2.66. The first-order chi connectivity index (χ1) is 7.11. The second-order valence-electron chi connectivity index (χ2n) is 3.16. The highest BCUT2D eigenvalue weighted by atomic mass is 127. The Bertz CT molecular complexity index is 326. The van der Waals surface area contributed by atoms with Gasteiger partial charge in [-0.05, 0) is 46.7 Å². The highest BCUT2D eigenvalue weighted by Gasteiger charge is 2.10. The average molecular weight is 321 g/mol. The van der Waals surface area contributed by atoms with E-state index in [9.17, 15) is 4.79 Å². The summed E-state index contributed by atoms with van der Waals surface area (Å²) in [4.78, 5) is 10.4. The lowest BCUT2D eigenvalue weighted by atomic mass is 10.1. The van der Waals surface area contributed by atoms with E-state index in [1.165, 1.54) is 0 Å². The van der Waals surface area contributed by atoms with Crippen LogP contribution in [0.4, 0.5) is 4.79 Å². The SMILES string of the molecule is O=C(O)NC(CO)Cc1ccc(I)cc1. The number of benzene rings is 1. The van der Waals surface area contributed by atoms with Crippen LogP contribution in [-0.4, -0.2) is 29.0 Å². The quantitative estimate of drug-likeness (QED) is 0.736. The Morgan fingerprint density at radius 1 is 1.40 bits per heavy atom. The van der Waals surface area contributed by atoms with E-state index in [1.807, 2.05) is 24.3 Å². The van der Waals surface area contributed by atoms with E-state index in [0.717, 1.165) is 9.13 Å². The van der Waals surface area contributed by atoms with Gasteiger partial charge in [0.15, 0.2) is 0 Å². The molecule has 1 aromatic rings. The maximum Gasteiger partial charge on any atom is 0.404 e. The van der Waals surface area contributed by atoms with Crippen LogP contribution in [0.3, 0.4) is 0 Å². The zero-order chi connectivity index (χ0) is 11.3. The molecule has 0 saturated heterocycles. The molecule has 0 aromatic heterocycles. The smallest absolute Gasteiger partial charge is 0.404 e. The Balaban J connectivity index is 2.58. The van der Waals surface area contributed by atoms with Crippen LogP contribution in [0.2, 0.25) is 0 Å². The average Bonchev–Trinajstić information content (AvgIpc) is 2.19. The van der Waals surface area contributed by atoms with Gasteiger partial charge < -0.3 is 15.5 Å². The molecule has 0 fully saturated rings. The van der Waals surface area contributed by atoms with Crippen molar-refractivity contribution in [3.05, 3.63) is 33.4 Å². The molecule has 15 heavy (non-hydrogen) atoms. The van der Waals surface area contributed by atoms with Gasteiger partial charge in [0.25, 0.3) is 0 Å². The molecular formula is C10H12INO3. The molecule has 4 nitrogen and oxygen atoms in total. The van der Waals surface area contributed by atoms with Gasteiger partial charge >= 0.3 is 6.09 Å². The summed E-state index contributed by atoms with van der Waals surface area (Å²) < 4.78 is 1.13. The van der Waals surface area contributed by atoms with Crippen molar-refractivity contribution < 1.29 is 15.0 Å². The molecule has 0 heterocycles. The molecular weight excluding hydrogens is 309 g/mol. The minimum Gasteiger partial charge on any atom is -0.465 e. The molecule has 1 amide bonds. The van der Waals surface area contributed by atoms with Crippen molar-refractivity contribution in [3.8, 4) is 0 Å². The van der Waals surface area contributed by atoms with Crippen LogP contribution in [0.15, 0.2) is 24.3 Å². The highest BCUT2D eigenvalue weighted by Crippen LogP contribution is 2.08. The van der Waals surface area contributed by atoms with Crippen LogP contribution < -0.4 is 5.32 Å². The molecule has 0 bridgehead atoms. The second-order valence-corrected chi connectivity index (χ2v) is 4.41. The summed E-state index contributed by atoms with van der Waals surface area (Å²) in [5, 5.41) is 19.7. The number of amides is 1. The Kier molecular flexibility index (Phi) is 4.83. The van der Waals surface area contributed by atoms with E-state index >= 15 is 0 Å². The molecule has 0 aliphatic carbocycles. The van der Waals surface area contributed by atoms with Gasteiger partial charge in [0.05, 0.1) is 12.6 Å². The zero-order valence-electron chi connectivity index (χ0n) is 7.98. The molecule has 0 aliphatic rings. The van der Waals surface area contributed by atoms with E-state index in [1.54, 1.807) is 0 Å². The van der Waals surface area contributed by atoms with Gasteiger partial charge in [-0.25, -0.2) is 4.79 Å². The maximum atomic E-state index is 10.4. The van der Waals surface area contributed by atoms with E-state index in [-0.39, 0.29) is 6.61 Å². The number of hydrogen-bond donors (Lipinski definition) is 3. The van der Waals surface area contributed by atoms with Crippen LogP contribution in [0.25, 0.3) is 0 Å². The molecule has 0 aliphatic heterocycles. The first-order valence-electron chi connectivity index (χ1n) is 4.46. The van der Waals surface area contributed by atoms with Gasteiger partial charge in [-0.1, -0.05) is 12.1 Å². The van der Waals surface area contributed by atoms with Crippen molar-refractivity contribution in [2.75, 3.05) is 6.61 Å². The van der Waals surface area contributed by atoms with E-state index in [2.05, 4.69) is 27.9 Å². The van der Waals surface area contributed by atoms with Crippen molar-refractivity contribution in [2.45, 2.75) is 12.5 Å². The topological polar surface area (TPSA) is 69.6 Å². The molecule has 82 valence electrons. The number of aliphatic hydroxyl groups is 1. The minimum atomic E-state index is -1.11. The number of carbonyl (C=O) groups is 1. The minimum absolute atomic E-state index is 0.196. The van der Waals surface area contributed by atoms with Crippen molar-refractivity contribution >= 4 is 28.7 Å². The van der Waals surface area contributed by atoms with Crippen LogP contribution in [-0.2, 0) is 6.42 Å². The molecule has 1 aromatic carbocycles. The van der Waals surface area contributed by atoms with Crippen molar-refractivity contribution in [3.63, 3.8) is 0 Å². The second kappa shape index (κ2) is 5.92. The zero-order valence-corrected chi connectivity index (χ0v) is 10.1. The molecule has 5 heteroatoms. The number of carboxylic acid groups (broad SMARTS) is 1. The van der Waals surface area contributed by atoms with E-state index in [0.29, 0.717) is 6.42 Å².